The highest BCUT2D eigenvalue weighted by Crippen LogP contribution is 2.54. The molecule has 14 heteroatoms. The van der Waals surface area contributed by atoms with Crippen molar-refractivity contribution in [2.24, 2.45) is 0 Å². The van der Waals surface area contributed by atoms with Crippen molar-refractivity contribution >= 4 is 102 Å². The Morgan fingerprint density at radius 2 is 0.577 bits per heavy atom. The van der Waals surface area contributed by atoms with Gasteiger partial charge in [0.1, 0.15) is 22.3 Å². The maximum absolute atomic E-state index is 6.59. The predicted octanol–water partition coefficient (Wildman–Crippen LogP) is 22.7. The highest BCUT2D eigenvalue weighted by Gasteiger charge is 2.52. The van der Waals surface area contributed by atoms with Crippen molar-refractivity contribution in [3.05, 3.63) is 319 Å². The molecule has 104 heavy (non-hydrogen) atoms. The van der Waals surface area contributed by atoms with Crippen LogP contribution in [0.15, 0.2) is 300 Å². The largest absolute Gasteiger partial charge is 0.494 e. The molecule has 0 unspecified atom stereocenters. The monoisotopic (exact) mass is 1370 g/mol. The van der Waals surface area contributed by atoms with Crippen LogP contribution in [0.1, 0.15) is 77.6 Å². The first-order valence-corrected chi connectivity index (χ1v) is 35.5. The number of aromatic nitrogens is 6. The smallest absolute Gasteiger partial charge is 0.456 e. The minimum Gasteiger partial charge on any atom is -0.456 e. The number of nitrogens with zero attached hydrogens (tertiary/aromatic N) is 8. The zero-order valence-corrected chi connectivity index (χ0v) is 59.6. The van der Waals surface area contributed by atoms with Crippen LogP contribution in [0, 0.1) is 0 Å². The Hall–Kier alpha value is -11.9. The standard InChI is InChI=1S/C42H30N4O.C33H32BNO3.C15H10ClN3/c1-42(2)33-17-9-11-19-35(33)46(36-20-12-10-18-34(36)42)30-22-24-32-31-23-21-29(25-37(31)47-38(32)26-30)41-44-39(27-13-5-3-6-14-27)43-40(45-41)28-15-7-4-8-16-28;1-31(2)25-11-7-9-13-27(25)35(28-14-10-8-12-26(28)31)22-16-18-24-23-17-15-21(19-29(23)36-30(24)20-22)34-37-32(3,4)33(5,6)38-34;16-15-18-13(11-7-3-1-4-8-11)17-14(19-15)12-9-5-2-6-10-12/h3-26H,1-2H3;7-20H,1-6H3;1-10H. The number of para-hydroxylation sites is 4. The van der Waals surface area contributed by atoms with Crippen LogP contribution in [0.25, 0.3) is 101 Å². The quantitative estimate of drug-likeness (QED) is 0.134. The number of rotatable bonds is 8. The molecule has 0 radical (unpaired) electrons. The van der Waals surface area contributed by atoms with Crippen LogP contribution in [0.2, 0.25) is 5.28 Å². The topological polar surface area (TPSA) is 129 Å². The van der Waals surface area contributed by atoms with Crippen LogP contribution in [0.4, 0.5) is 34.1 Å². The van der Waals surface area contributed by atoms with Gasteiger partial charge in [0.15, 0.2) is 29.1 Å². The molecule has 0 spiro atoms. The summed E-state index contributed by atoms with van der Waals surface area (Å²) >= 11 is 5.99. The van der Waals surface area contributed by atoms with Crippen molar-refractivity contribution in [1.29, 1.82) is 0 Å². The molecule has 3 aliphatic heterocycles. The normalized spacial score (nSPS) is 15.0. The maximum atomic E-state index is 6.59. The molecule has 0 aliphatic carbocycles. The molecule has 0 saturated carbocycles. The fraction of sp³-hybridized carbons (Fsp3) is 0.133. The number of benzene rings is 12. The Morgan fingerprint density at radius 3 is 0.942 bits per heavy atom. The summed E-state index contributed by atoms with van der Waals surface area (Å²) in [6, 6.07) is 99.9. The molecule has 1 saturated heterocycles. The van der Waals surface area contributed by atoms with E-state index in [1.807, 2.05) is 127 Å². The van der Waals surface area contributed by atoms with Crippen LogP contribution < -0.4 is 15.3 Å². The van der Waals surface area contributed by atoms with Gasteiger partial charge >= 0.3 is 7.12 Å². The summed E-state index contributed by atoms with van der Waals surface area (Å²) in [5.41, 5.74) is 20.1. The van der Waals surface area contributed by atoms with Gasteiger partial charge in [-0.05, 0) is 134 Å². The van der Waals surface area contributed by atoms with Crippen LogP contribution in [0.3, 0.4) is 0 Å². The molecule has 4 aromatic heterocycles. The first-order chi connectivity index (χ1) is 50.4. The van der Waals surface area contributed by atoms with Crippen LogP contribution >= 0.6 is 11.6 Å². The molecule has 0 atom stereocenters. The minimum atomic E-state index is -0.419. The summed E-state index contributed by atoms with van der Waals surface area (Å²) in [7, 11) is -0.419. The van der Waals surface area contributed by atoms with E-state index < -0.39 is 7.12 Å². The van der Waals surface area contributed by atoms with Crippen LogP contribution in [-0.4, -0.2) is 48.2 Å². The lowest BCUT2D eigenvalue weighted by molar-refractivity contribution is 0.00578. The number of hydrogen-bond acceptors (Lipinski definition) is 12. The Kier molecular flexibility index (Phi) is 16.3. The van der Waals surface area contributed by atoms with E-state index in [2.05, 4.69) is 244 Å². The lowest BCUT2D eigenvalue weighted by Gasteiger charge is -2.41. The summed E-state index contributed by atoms with van der Waals surface area (Å²) in [5, 5.41) is 4.51. The number of furan rings is 2. The first kappa shape index (κ1) is 65.4. The van der Waals surface area contributed by atoms with Crippen LogP contribution in [0.5, 0.6) is 0 Å². The first-order valence-electron chi connectivity index (χ1n) is 35.1. The van der Waals surface area contributed by atoms with Crippen molar-refractivity contribution in [3.63, 3.8) is 0 Å². The second kappa shape index (κ2) is 25.9. The lowest BCUT2D eigenvalue weighted by atomic mass is 9.73. The number of anilines is 6. The van der Waals surface area contributed by atoms with Gasteiger partial charge in [0, 0.05) is 83.7 Å². The number of hydrogen-bond donors (Lipinski definition) is 0. The van der Waals surface area contributed by atoms with E-state index in [1.54, 1.807) is 0 Å². The molecular formula is C90H72BClN8O4. The van der Waals surface area contributed by atoms with E-state index in [9.17, 15) is 0 Å². The lowest BCUT2D eigenvalue weighted by Crippen LogP contribution is -2.41. The van der Waals surface area contributed by atoms with Crippen molar-refractivity contribution in [1.82, 2.24) is 29.9 Å². The molecular weight excluding hydrogens is 1300 g/mol. The van der Waals surface area contributed by atoms with E-state index in [1.165, 1.54) is 45.0 Å². The molecule has 0 amide bonds. The van der Waals surface area contributed by atoms with Gasteiger partial charge in [0.25, 0.3) is 0 Å². The predicted molar refractivity (Wildman–Crippen MR) is 422 cm³/mol. The highest BCUT2D eigenvalue weighted by atomic mass is 35.5. The second-order valence-corrected chi connectivity index (χ2v) is 29.0. The molecule has 506 valence electrons. The molecule has 16 aromatic rings. The van der Waals surface area contributed by atoms with Gasteiger partial charge in [0.05, 0.1) is 34.0 Å². The van der Waals surface area contributed by atoms with E-state index in [0.29, 0.717) is 29.1 Å². The average molecular weight is 1380 g/mol. The number of fused-ring (bicyclic) bond motifs is 10. The third-order valence-corrected chi connectivity index (χ3v) is 21.1. The Bertz CT molecular complexity index is 5720. The Labute approximate surface area is 609 Å². The molecule has 7 heterocycles. The summed E-state index contributed by atoms with van der Waals surface area (Å²) in [4.78, 5) is 32.2. The molecule has 1 fully saturated rings. The fourth-order valence-electron chi connectivity index (χ4n) is 14.7. The van der Waals surface area contributed by atoms with Crippen molar-refractivity contribution in [3.8, 4) is 56.9 Å². The summed E-state index contributed by atoms with van der Waals surface area (Å²) in [5.74, 6) is 3.03. The van der Waals surface area contributed by atoms with Gasteiger partial charge in [-0.1, -0.05) is 240 Å². The third kappa shape index (κ3) is 11.7. The second-order valence-electron chi connectivity index (χ2n) is 28.6. The SMILES string of the molecule is CC1(C)c2ccccc2N(c2ccc3c(c2)oc2cc(-c4nc(-c5ccccc5)nc(-c5ccccc5)n4)ccc23)c2ccccc21.CC1(C)c2ccccc2N(c2ccc3c(c2)oc2cc(B4OC(C)(C)C(C)(C)O4)ccc23)c2ccccc21.Clc1nc(-c2ccccc2)nc(-c2ccccc2)n1. The van der Waals surface area contributed by atoms with Gasteiger partial charge < -0.3 is 27.9 Å². The Balaban J connectivity index is 0.000000125. The van der Waals surface area contributed by atoms with Crippen molar-refractivity contribution < 1.29 is 18.1 Å². The van der Waals surface area contributed by atoms with E-state index >= 15 is 0 Å². The number of halogens is 1. The van der Waals surface area contributed by atoms with E-state index in [4.69, 9.17) is 44.7 Å². The van der Waals surface area contributed by atoms with Crippen molar-refractivity contribution in [2.75, 3.05) is 9.80 Å². The molecule has 0 N–H and O–H groups in total. The summed E-state index contributed by atoms with van der Waals surface area (Å²) < 4.78 is 25.6. The molecule has 3 aliphatic rings. The minimum absolute atomic E-state index is 0.0862. The molecule has 12 nitrogen and oxygen atoms in total. The summed E-state index contributed by atoms with van der Waals surface area (Å²) in [6.45, 7) is 17.5. The zero-order valence-electron chi connectivity index (χ0n) is 58.9. The van der Waals surface area contributed by atoms with Gasteiger partial charge in [-0.3, -0.25) is 0 Å². The van der Waals surface area contributed by atoms with E-state index in [0.717, 1.165) is 88.5 Å². The average Bonchev–Trinajstić information content (AvgIpc) is 0.973. The van der Waals surface area contributed by atoms with Gasteiger partial charge in [-0.25, -0.2) is 19.9 Å². The van der Waals surface area contributed by atoms with Gasteiger partial charge in [-0.2, -0.15) is 9.97 Å². The molecule has 12 aromatic carbocycles. The zero-order chi connectivity index (χ0) is 71.1. The summed E-state index contributed by atoms with van der Waals surface area (Å²) in [6.07, 6.45) is 0. The molecule has 0 bridgehead atoms. The highest BCUT2D eigenvalue weighted by molar-refractivity contribution is 6.62. The molecule has 19 rings (SSSR count). The van der Waals surface area contributed by atoms with Gasteiger partial charge in [-0.15, -0.1) is 0 Å². The third-order valence-electron chi connectivity index (χ3n) is 20.9. The Morgan fingerprint density at radius 1 is 0.288 bits per heavy atom. The van der Waals surface area contributed by atoms with E-state index in [-0.39, 0.29) is 27.3 Å². The van der Waals surface area contributed by atoms with Crippen LogP contribution in [-0.2, 0) is 20.1 Å². The van der Waals surface area contributed by atoms with Gasteiger partial charge in [0.2, 0.25) is 5.28 Å². The van der Waals surface area contributed by atoms with Crippen molar-refractivity contribution in [2.45, 2.75) is 77.4 Å². The fourth-order valence-corrected chi connectivity index (χ4v) is 14.9. The maximum Gasteiger partial charge on any atom is 0.494 e.